The van der Waals surface area contributed by atoms with Gasteiger partial charge in [0.15, 0.2) is 5.79 Å². The first-order chi connectivity index (χ1) is 12.7. The molecule has 5 aliphatic rings. The van der Waals surface area contributed by atoms with Crippen molar-refractivity contribution in [2.24, 2.45) is 28.6 Å². The minimum atomic E-state index is -0.459. The second-order valence-corrected chi connectivity index (χ2v) is 10.8. The monoisotopic (exact) mass is 372 g/mol. The van der Waals surface area contributed by atoms with E-state index < -0.39 is 5.79 Å². The Kier molecular flexibility index (Phi) is 3.89. The van der Waals surface area contributed by atoms with E-state index in [0.717, 1.165) is 19.3 Å². The summed E-state index contributed by atoms with van der Waals surface area (Å²) in [4.78, 5) is 0. The maximum Gasteiger partial charge on any atom is 0.164 e. The molecule has 1 saturated heterocycles. The van der Waals surface area contributed by atoms with E-state index in [0.29, 0.717) is 17.8 Å². The Balaban J connectivity index is 1.50. The average molecular weight is 373 g/mol. The van der Waals surface area contributed by atoms with Gasteiger partial charge in [0.25, 0.3) is 0 Å². The summed E-state index contributed by atoms with van der Waals surface area (Å²) >= 11 is 0. The van der Waals surface area contributed by atoms with Crippen molar-refractivity contribution in [1.29, 1.82) is 0 Å². The summed E-state index contributed by atoms with van der Waals surface area (Å²) in [5.74, 6) is 1.56. The summed E-state index contributed by atoms with van der Waals surface area (Å²) in [6, 6.07) is 0. The Morgan fingerprint density at radius 2 is 1.78 bits per heavy atom. The maximum atomic E-state index is 10.7. The summed E-state index contributed by atoms with van der Waals surface area (Å²) in [5, 5.41) is 10.7. The van der Waals surface area contributed by atoms with Gasteiger partial charge in [0.05, 0.1) is 12.2 Å². The molecular formula is C24H36O3. The van der Waals surface area contributed by atoms with Crippen molar-refractivity contribution < 1.29 is 14.6 Å². The van der Waals surface area contributed by atoms with Crippen LogP contribution in [0.1, 0.15) is 73.1 Å². The van der Waals surface area contributed by atoms with E-state index in [1.165, 1.54) is 30.4 Å². The lowest BCUT2D eigenvalue weighted by atomic mass is 9.47. The van der Waals surface area contributed by atoms with E-state index in [-0.39, 0.29) is 29.1 Å². The number of fused-ring (bicyclic) bond motifs is 7. The van der Waals surface area contributed by atoms with Gasteiger partial charge in [-0.3, -0.25) is 0 Å². The fourth-order valence-corrected chi connectivity index (χ4v) is 8.02. The Morgan fingerprint density at radius 3 is 2.52 bits per heavy atom. The molecule has 0 aromatic carbocycles. The molecule has 3 heteroatoms. The van der Waals surface area contributed by atoms with Gasteiger partial charge in [-0.1, -0.05) is 26.0 Å². The summed E-state index contributed by atoms with van der Waals surface area (Å²) in [5.41, 5.74) is 3.27. The molecule has 0 spiro atoms. The maximum absolute atomic E-state index is 10.7. The van der Waals surface area contributed by atoms with E-state index in [1.54, 1.807) is 0 Å². The third-order valence-corrected chi connectivity index (χ3v) is 9.16. The Morgan fingerprint density at radius 1 is 1.04 bits per heavy atom. The lowest BCUT2D eigenvalue weighted by molar-refractivity contribution is -0.143. The van der Waals surface area contributed by atoms with E-state index in [4.69, 9.17) is 9.47 Å². The zero-order chi connectivity index (χ0) is 19.2. The molecule has 0 radical (unpaired) electrons. The van der Waals surface area contributed by atoms with Gasteiger partial charge in [0, 0.05) is 0 Å². The van der Waals surface area contributed by atoms with Gasteiger partial charge >= 0.3 is 0 Å². The normalized spacial score (nSPS) is 54.7. The molecule has 0 aromatic heterocycles. The molecule has 5 rings (SSSR count). The van der Waals surface area contributed by atoms with Crippen LogP contribution >= 0.6 is 0 Å². The second-order valence-electron chi connectivity index (χ2n) is 10.8. The molecule has 0 bridgehead atoms. The van der Waals surface area contributed by atoms with Crippen LogP contribution < -0.4 is 0 Å². The van der Waals surface area contributed by atoms with Crippen molar-refractivity contribution in [1.82, 2.24) is 0 Å². The van der Waals surface area contributed by atoms with Crippen LogP contribution in [-0.4, -0.2) is 29.2 Å². The van der Waals surface area contributed by atoms with E-state index >= 15 is 0 Å². The first-order valence-corrected chi connectivity index (χ1v) is 11.1. The molecule has 1 aliphatic heterocycles. The van der Waals surface area contributed by atoms with Crippen molar-refractivity contribution in [3.8, 4) is 0 Å². The lowest BCUT2D eigenvalue weighted by Crippen LogP contribution is -2.52. The van der Waals surface area contributed by atoms with E-state index in [1.807, 2.05) is 0 Å². The molecule has 0 aromatic rings. The zero-order valence-electron chi connectivity index (χ0n) is 17.6. The Bertz CT molecular complexity index is 706. The fraction of sp³-hybridized carbons (Fsp3) is 0.833. The fourth-order valence-electron chi connectivity index (χ4n) is 8.02. The quantitative estimate of drug-likeness (QED) is 0.608. The number of hydrogen-bond acceptors (Lipinski definition) is 3. The van der Waals surface area contributed by atoms with Crippen LogP contribution in [0.5, 0.6) is 0 Å². The minimum absolute atomic E-state index is 0.147. The van der Waals surface area contributed by atoms with Crippen molar-refractivity contribution in [2.75, 3.05) is 0 Å². The van der Waals surface area contributed by atoms with Crippen LogP contribution in [0, 0.1) is 28.6 Å². The minimum Gasteiger partial charge on any atom is -0.389 e. The van der Waals surface area contributed by atoms with Gasteiger partial charge in [-0.05, 0) is 99.0 Å². The summed E-state index contributed by atoms with van der Waals surface area (Å²) < 4.78 is 12.6. The molecule has 8 atom stereocenters. The summed E-state index contributed by atoms with van der Waals surface area (Å²) in [6.45, 7) is 11.2. The highest BCUT2D eigenvalue weighted by molar-refractivity contribution is 5.33. The molecule has 1 heterocycles. The van der Waals surface area contributed by atoms with Crippen molar-refractivity contribution in [3.05, 3.63) is 23.3 Å². The standard InChI is InChI=1S/C24H36O3/c1-6-15-19(25)13-18-14-7-8-17-21-20(26-22(2,3)27-21)10-12-24(17,5)16(14)9-11-23(15,18)4/h6,8,14,16,18-21,25H,7,9-13H2,1-5H3/b15-6-/t14-,16+,18+,19-,20+,21-,23-,24-/m1/s1. The van der Waals surface area contributed by atoms with Crippen molar-refractivity contribution >= 4 is 0 Å². The first kappa shape index (κ1) is 18.4. The molecule has 0 unspecified atom stereocenters. The predicted octanol–water partition coefficient (Wildman–Crippen LogP) is 5.00. The van der Waals surface area contributed by atoms with Crippen LogP contribution in [0.3, 0.4) is 0 Å². The summed E-state index contributed by atoms with van der Waals surface area (Å²) in [7, 11) is 0. The average Bonchev–Trinajstić information content (AvgIpc) is 3.05. The highest BCUT2D eigenvalue weighted by Crippen LogP contribution is 2.66. The Hall–Kier alpha value is -0.640. The third kappa shape index (κ3) is 2.37. The number of hydrogen-bond donors (Lipinski definition) is 1. The molecule has 27 heavy (non-hydrogen) atoms. The first-order valence-electron chi connectivity index (χ1n) is 11.1. The largest absolute Gasteiger partial charge is 0.389 e. The SMILES string of the molecule is C/C=C1/[C@H](O)C[C@H]2[C@@H]3CC=C4[C@H]5OC(C)(C)O[C@H]5CC[C@]4(C)[C@H]3CC[C@]12C. The summed E-state index contributed by atoms with van der Waals surface area (Å²) in [6.07, 6.45) is 11.8. The van der Waals surface area contributed by atoms with E-state index in [9.17, 15) is 5.11 Å². The molecule has 3 saturated carbocycles. The van der Waals surface area contributed by atoms with Gasteiger partial charge in [0.2, 0.25) is 0 Å². The molecule has 4 fully saturated rings. The van der Waals surface area contributed by atoms with Crippen LogP contribution in [-0.2, 0) is 9.47 Å². The van der Waals surface area contributed by atoms with Gasteiger partial charge in [-0.25, -0.2) is 0 Å². The van der Waals surface area contributed by atoms with Gasteiger partial charge in [-0.2, -0.15) is 0 Å². The number of aliphatic hydroxyl groups excluding tert-OH is 1. The number of aliphatic hydroxyl groups is 1. The second kappa shape index (κ2) is 5.70. The molecule has 4 aliphatic carbocycles. The van der Waals surface area contributed by atoms with Crippen molar-refractivity contribution in [3.63, 3.8) is 0 Å². The highest BCUT2D eigenvalue weighted by atomic mass is 16.8. The molecule has 1 N–H and O–H groups in total. The predicted molar refractivity (Wildman–Crippen MR) is 106 cm³/mol. The van der Waals surface area contributed by atoms with Crippen molar-refractivity contribution in [2.45, 2.75) is 97.2 Å². The molecular weight excluding hydrogens is 336 g/mol. The highest BCUT2D eigenvalue weighted by Gasteiger charge is 2.61. The van der Waals surface area contributed by atoms with Crippen LogP contribution in [0.15, 0.2) is 23.3 Å². The van der Waals surface area contributed by atoms with E-state index in [2.05, 4.69) is 46.8 Å². The lowest BCUT2D eigenvalue weighted by Gasteiger charge is -2.58. The molecule has 0 amide bonds. The Labute approximate surface area is 164 Å². The number of rotatable bonds is 0. The topological polar surface area (TPSA) is 38.7 Å². The zero-order valence-corrected chi connectivity index (χ0v) is 17.6. The number of allylic oxidation sites excluding steroid dienone is 2. The van der Waals surface area contributed by atoms with Gasteiger partial charge < -0.3 is 14.6 Å². The smallest absolute Gasteiger partial charge is 0.164 e. The van der Waals surface area contributed by atoms with Gasteiger partial charge in [-0.15, -0.1) is 0 Å². The third-order valence-electron chi connectivity index (χ3n) is 9.16. The molecule has 3 nitrogen and oxygen atoms in total. The number of ether oxygens (including phenoxy) is 2. The van der Waals surface area contributed by atoms with Crippen LogP contribution in [0.4, 0.5) is 0 Å². The van der Waals surface area contributed by atoms with Crippen LogP contribution in [0.25, 0.3) is 0 Å². The molecule has 150 valence electrons. The van der Waals surface area contributed by atoms with Crippen LogP contribution in [0.2, 0.25) is 0 Å². The van der Waals surface area contributed by atoms with Gasteiger partial charge in [0.1, 0.15) is 6.10 Å².